The van der Waals surface area contributed by atoms with Crippen LogP contribution in [0.2, 0.25) is 0 Å². The molecule has 0 atom stereocenters. The van der Waals surface area contributed by atoms with Crippen molar-refractivity contribution < 1.29 is 4.79 Å². The van der Waals surface area contributed by atoms with Crippen molar-refractivity contribution in [3.8, 4) is 0 Å². The van der Waals surface area contributed by atoms with E-state index in [1.165, 1.54) is 5.56 Å². The zero-order chi connectivity index (χ0) is 9.26. The van der Waals surface area contributed by atoms with Crippen molar-refractivity contribution >= 4 is 11.6 Å². The average Bonchev–Trinajstić information content (AvgIpc) is 2.25. The zero-order valence-corrected chi connectivity index (χ0v) is 7.55. The molecule has 2 N–H and O–H groups in total. The Morgan fingerprint density at radius 1 is 1.31 bits per heavy atom. The van der Waals surface area contributed by atoms with Crippen molar-refractivity contribution in [2.75, 3.05) is 11.9 Å². The van der Waals surface area contributed by atoms with Crippen LogP contribution in [0, 0.1) is 6.92 Å². The van der Waals surface area contributed by atoms with E-state index in [9.17, 15) is 4.79 Å². The second-order valence-electron chi connectivity index (χ2n) is 3.31. The summed E-state index contributed by atoms with van der Waals surface area (Å²) in [6, 6.07) is 6.05. The Kier molecular flexibility index (Phi) is 2.02. The van der Waals surface area contributed by atoms with Crippen molar-refractivity contribution in [3.05, 3.63) is 29.3 Å². The fourth-order valence-corrected chi connectivity index (χ4v) is 1.50. The maximum absolute atomic E-state index is 11.2. The lowest BCUT2D eigenvalue weighted by Crippen LogP contribution is -2.23. The number of carbonyl (C=O) groups is 1. The summed E-state index contributed by atoms with van der Waals surface area (Å²) in [5.74, 6) is 0.0302. The van der Waals surface area contributed by atoms with Crippen LogP contribution in [-0.4, -0.2) is 12.5 Å². The summed E-state index contributed by atoms with van der Waals surface area (Å²) in [6.07, 6.45) is 0. The maximum atomic E-state index is 11.2. The Labute approximate surface area is 77.1 Å². The fraction of sp³-hybridized carbons (Fsp3) is 0.300. The fourth-order valence-electron chi connectivity index (χ4n) is 1.50. The predicted octanol–water partition coefficient (Wildman–Crippen LogP) is 1.04. The molecule has 3 heteroatoms. The first-order chi connectivity index (χ1) is 6.25. The molecule has 0 fully saturated rings. The molecular formula is C10H12N2O. The van der Waals surface area contributed by atoms with Gasteiger partial charge in [-0.1, -0.05) is 17.7 Å². The Bertz CT molecular complexity index is 347. The van der Waals surface area contributed by atoms with Crippen LogP contribution in [0.15, 0.2) is 18.2 Å². The lowest BCUT2D eigenvalue weighted by molar-refractivity contribution is -0.115. The van der Waals surface area contributed by atoms with E-state index in [4.69, 9.17) is 0 Å². The lowest BCUT2D eigenvalue weighted by Gasteiger charge is -2.06. The molecule has 1 aromatic rings. The topological polar surface area (TPSA) is 41.1 Å². The highest BCUT2D eigenvalue weighted by Gasteiger charge is 2.10. The lowest BCUT2D eigenvalue weighted by atomic mass is 10.1. The summed E-state index contributed by atoms with van der Waals surface area (Å²) in [6.45, 7) is 3.20. The molecule has 13 heavy (non-hydrogen) atoms. The van der Waals surface area contributed by atoms with Crippen LogP contribution in [-0.2, 0) is 11.3 Å². The minimum Gasteiger partial charge on any atom is -0.325 e. The minimum atomic E-state index is 0.0302. The van der Waals surface area contributed by atoms with Gasteiger partial charge in [0.1, 0.15) is 0 Å². The normalized spacial score (nSPS) is 15.9. The van der Waals surface area contributed by atoms with E-state index in [1.54, 1.807) is 0 Å². The summed E-state index contributed by atoms with van der Waals surface area (Å²) in [5.41, 5.74) is 3.31. The second kappa shape index (κ2) is 3.18. The van der Waals surface area contributed by atoms with Crippen molar-refractivity contribution in [1.29, 1.82) is 0 Å². The zero-order valence-electron chi connectivity index (χ0n) is 7.55. The van der Waals surface area contributed by atoms with E-state index in [0.717, 1.165) is 17.8 Å². The second-order valence-corrected chi connectivity index (χ2v) is 3.31. The molecule has 0 aliphatic carbocycles. The van der Waals surface area contributed by atoms with Gasteiger partial charge < -0.3 is 10.6 Å². The summed E-state index contributed by atoms with van der Waals surface area (Å²) >= 11 is 0. The van der Waals surface area contributed by atoms with Gasteiger partial charge in [0.25, 0.3) is 0 Å². The molecule has 68 valence electrons. The molecule has 1 aliphatic heterocycles. The van der Waals surface area contributed by atoms with Crippen LogP contribution in [0.4, 0.5) is 5.69 Å². The van der Waals surface area contributed by atoms with Crippen LogP contribution in [0.1, 0.15) is 11.1 Å². The van der Waals surface area contributed by atoms with Gasteiger partial charge >= 0.3 is 0 Å². The SMILES string of the molecule is Cc1ccc2c(c1)CNCC(=O)N2. The van der Waals surface area contributed by atoms with Gasteiger partial charge in [-0.25, -0.2) is 0 Å². The Hall–Kier alpha value is -1.35. The molecule has 1 aromatic carbocycles. The minimum absolute atomic E-state index is 0.0302. The summed E-state index contributed by atoms with van der Waals surface area (Å²) in [5, 5.41) is 5.92. The number of anilines is 1. The van der Waals surface area contributed by atoms with Gasteiger partial charge in [-0.3, -0.25) is 4.79 Å². The molecule has 0 bridgehead atoms. The Morgan fingerprint density at radius 3 is 3.00 bits per heavy atom. The predicted molar refractivity (Wildman–Crippen MR) is 51.5 cm³/mol. The van der Waals surface area contributed by atoms with Crippen LogP contribution >= 0.6 is 0 Å². The molecule has 0 saturated heterocycles. The summed E-state index contributed by atoms with van der Waals surface area (Å²) < 4.78 is 0. The number of nitrogens with one attached hydrogen (secondary N) is 2. The summed E-state index contributed by atoms with van der Waals surface area (Å²) in [4.78, 5) is 11.2. The number of rotatable bonds is 0. The number of aryl methyl sites for hydroxylation is 1. The van der Waals surface area contributed by atoms with E-state index in [0.29, 0.717) is 6.54 Å². The smallest absolute Gasteiger partial charge is 0.238 e. The van der Waals surface area contributed by atoms with Gasteiger partial charge in [0.2, 0.25) is 5.91 Å². The molecule has 0 unspecified atom stereocenters. The van der Waals surface area contributed by atoms with Crippen molar-refractivity contribution in [1.82, 2.24) is 5.32 Å². The highest BCUT2D eigenvalue weighted by molar-refractivity contribution is 5.93. The van der Waals surface area contributed by atoms with Crippen LogP contribution in [0.5, 0.6) is 0 Å². The van der Waals surface area contributed by atoms with Gasteiger partial charge in [0.15, 0.2) is 0 Å². The van der Waals surface area contributed by atoms with E-state index in [-0.39, 0.29) is 5.91 Å². The van der Waals surface area contributed by atoms with Gasteiger partial charge in [-0.05, 0) is 18.6 Å². The van der Waals surface area contributed by atoms with Crippen LogP contribution in [0.3, 0.4) is 0 Å². The molecule has 1 aliphatic rings. The van der Waals surface area contributed by atoms with Crippen LogP contribution in [0.25, 0.3) is 0 Å². The first-order valence-corrected chi connectivity index (χ1v) is 4.36. The van der Waals surface area contributed by atoms with Gasteiger partial charge in [-0.15, -0.1) is 0 Å². The molecule has 0 spiro atoms. The number of hydrogen-bond donors (Lipinski definition) is 2. The molecule has 2 rings (SSSR count). The number of carbonyl (C=O) groups excluding carboxylic acids is 1. The monoisotopic (exact) mass is 176 g/mol. The standard InChI is InChI=1S/C10H12N2O/c1-7-2-3-9-8(4-7)5-11-6-10(13)12-9/h2-4,11H,5-6H2,1H3,(H,12,13). The highest BCUT2D eigenvalue weighted by Crippen LogP contribution is 2.18. The van der Waals surface area contributed by atoms with Gasteiger partial charge in [-0.2, -0.15) is 0 Å². The molecule has 3 nitrogen and oxygen atoms in total. The third kappa shape index (κ3) is 1.70. The van der Waals surface area contributed by atoms with Crippen molar-refractivity contribution in [2.45, 2.75) is 13.5 Å². The third-order valence-corrected chi connectivity index (χ3v) is 2.14. The van der Waals surface area contributed by atoms with Crippen molar-refractivity contribution in [3.63, 3.8) is 0 Å². The summed E-state index contributed by atoms with van der Waals surface area (Å²) in [7, 11) is 0. The molecule has 1 amide bonds. The van der Waals surface area contributed by atoms with E-state index in [1.807, 2.05) is 19.1 Å². The Balaban J connectivity index is 2.40. The number of fused-ring (bicyclic) bond motifs is 1. The molecule has 0 radical (unpaired) electrons. The molecule has 0 aromatic heterocycles. The first kappa shape index (κ1) is 8.26. The number of benzene rings is 1. The largest absolute Gasteiger partial charge is 0.325 e. The third-order valence-electron chi connectivity index (χ3n) is 2.14. The molecule has 0 saturated carbocycles. The molecular weight excluding hydrogens is 164 g/mol. The van der Waals surface area contributed by atoms with E-state index >= 15 is 0 Å². The van der Waals surface area contributed by atoms with Crippen molar-refractivity contribution in [2.24, 2.45) is 0 Å². The average molecular weight is 176 g/mol. The maximum Gasteiger partial charge on any atom is 0.238 e. The Morgan fingerprint density at radius 2 is 2.15 bits per heavy atom. The molecule has 1 heterocycles. The van der Waals surface area contributed by atoms with E-state index < -0.39 is 0 Å². The van der Waals surface area contributed by atoms with Gasteiger partial charge in [0.05, 0.1) is 6.54 Å². The quantitative estimate of drug-likeness (QED) is 0.620. The highest BCUT2D eigenvalue weighted by atomic mass is 16.1. The first-order valence-electron chi connectivity index (χ1n) is 4.36. The number of amides is 1. The van der Waals surface area contributed by atoms with Crippen LogP contribution < -0.4 is 10.6 Å². The van der Waals surface area contributed by atoms with Gasteiger partial charge in [0, 0.05) is 12.2 Å². The number of hydrogen-bond acceptors (Lipinski definition) is 2. The van der Waals surface area contributed by atoms with E-state index in [2.05, 4.69) is 16.7 Å².